The third kappa shape index (κ3) is 2.94. The normalized spacial score (nSPS) is 22.9. The van der Waals surface area contributed by atoms with Crippen molar-refractivity contribution in [3.63, 3.8) is 0 Å². The second-order valence-corrected chi connectivity index (χ2v) is 4.65. The first-order valence-electron chi connectivity index (χ1n) is 5.74. The van der Waals surface area contributed by atoms with Gasteiger partial charge in [0.1, 0.15) is 0 Å². The van der Waals surface area contributed by atoms with Crippen LogP contribution in [0, 0.1) is 11.8 Å². The molecule has 1 fully saturated rings. The van der Waals surface area contributed by atoms with Crippen molar-refractivity contribution in [1.82, 2.24) is 4.90 Å². The molecular weight excluding hydrogens is 176 g/mol. The summed E-state index contributed by atoms with van der Waals surface area (Å²) in [5, 5.41) is 9.16. The Morgan fingerprint density at radius 2 is 1.93 bits per heavy atom. The number of likely N-dealkylation sites (tertiary alicyclic amines) is 1. The van der Waals surface area contributed by atoms with Crippen molar-refractivity contribution in [2.24, 2.45) is 17.6 Å². The van der Waals surface area contributed by atoms with Crippen LogP contribution in [-0.4, -0.2) is 42.3 Å². The van der Waals surface area contributed by atoms with E-state index in [1.807, 2.05) is 0 Å². The minimum Gasteiger partial charge on any atom is -0.396 e. The van der Waals surface area contributed by atoms with Crippen LogP contribution in [0.5, 0.6) is 0 Å². The molecule has 1 saturated heterocycles. The molecule has 1 rings (SSSR count). The molecule has 84 valence electrons. The summed E-state index contributed by atoms with van der Waals surface area (Å²) in [6.07, 6.45) is 2.39. The van der Waals surface area contributed by atoms with Crippen LogP contribution >= 0.6 is 0 Å². The van der Waals surface area contributed by atoms with E-state index in [2.05, 4.69) is 18.7 Å². The van der Waals surface area contributed by atoms with Gasteiger partial charge in [0.05, 0.1) is 0 Å². The number of nitrogens with zero attached hydrogens (tertiary/aromatic N) is 1. The Morgan fingerprint density at radius 3 is 2.29 bits per heavy atom. The number of aliphatic hydroxyl groups excluding tert-OH is 1. The predicted molar refractivity (Wildman–Crippen MR) is 59.1 cm³/mol. The summed E-state index contributed by atoms with van der Waals surface area (Å²) >= 11 is 0. The van der Waals surface area contributed by atoms with Crippen molar-refractivity contribution in [2.45, 2.75) is 32.7 Å². The highest BCUT2D eigenvalue weighted by Gasteiger charge is 2.25. The van der Waals surface area contributed by atoms with Gasteiger partial charge in [-0.25, -0.2) is 0 Å². The lowest BCUT2D eigenvalue weighted by Crippen LogP contribution is -2.41. The zero-order chi connectivity index (χ0) is 10.6. The minimum atomic E-state index is 0.253. The Labute approximate surface area is 87.3 Å². The van der Waals surface area contributed by atoms with Crippen LogP contribution in [-0.2, 0) is 0 Å². The maximum Gasteiger partial charge on any atom is 0.0474 e. The molecule has 0 saturated carbocycles. The molecule has 0 amide bonds. The van der Waals surface area contributed by atoms with Crippen molar-refractivity contribution in [1.29, 1.82) is 0 Å². The first-order chi connectivity index (χ1) is 6.69. The van der Waals surface area contributed by atoms with Crippen LogP contribution in [0.25, 0.3) is 0 Å². The van der Waals surface area contributed by atoms with Crippen molar-refractivity contribution in [3.05, 3.63) is 0 Å². The molecule has 1 aliphatic heterocycles. The molecule has 3 heteroatoms. The lowest BCUT2D eigenvalue weighted by Gasteiger charge is -2.37. The van der Waals surface area contributed by atoms with E-state index in [0.29, 0.717) is 24.4 Å². The van der Waals surface area contributed by atoms with Gasteiger partial charge in [-0.05, 0) is 58.2 Å². The highest BCUT2D eigenvalue weighted by Crippen LogP contribution is 2.25. The van der Waals surface area contributed by atoms with Crippen LogP contribution < -0.4 is 5.73 Å². The van der Waals surface area contributed by atoms with Crippen LogP contribution in [0.2, 0.25) is 0 Å². The zero-order valence-corrected chi connectivity index (χ0v) is 9.45. The second-order valence-electron chi connectivity index (χ2n) is 4.65. The average molecular weight is 200 g/mol. The summed E-state index contributed by atoms with van der Waals surface area (Å²) in [6, 6.07) is 0.654. The first-order valence-corrected chi connectivity index (χ1v) is 5.74. The fourth-order valence-electron chi connectivity index (χ4n) is 2.32. The number of rotatable bonds is 4. The van der Waals surface area contributed by atoms with E-state index in [9.17, 15) is 0 Å². The molecule has 1 aliphatic rings. The van der Waals surface area contributed by atoms with Gasteiger partial charge in [0.25, 0.3) is 0 Å². The summed E-state index contributed by atoms with van der Waals surface area (Å²) in [6.45, 7) is 7.70. The molecule has 3 N–H and O–H groups in total. The molecule has 1 atom stereocenters. The standard InChI is InChI=1S/C11H24N2O/c1-9(2)13-5-3-10(4-6-13)11(7-12)8-14/h9-11,14H,3-8,12H2,1-2H3. The quantitative estimate of drug-likeness (QED) is 0.701. The van der Waals surface area contributed by atoms with E-state index in [4.69, 9.17) is 10.8 Å². The molecule has 0 spiro atoms. The Bertz CT molecular complexity index is 149. The van der Waals surface area contributed by atoms with Gasteiger partial charge >= 0.3 is 0 Å². The lowest BCUT2D eigenvalue weighted by molar-refractivity contribution is 0.0948. The molecule has 0 radical (unpaired) electrons. The van der Waals surface area contributed by atoms with Crippen LogP contribution in [0.1, 0.15) is 26.7 Å². The van der Waals surface area contributed by atoms with Gasteiger partial charge in [-0.2, -0.15) is 0 Å². The number of hydrogen-bond acceptors (Lipinski definition) is 3. The summed E-state index contributed by atoms with van der Waals surface area (Å²) in [5.74, 6) is 0.962. The molecule has 3 nitrogen and oxygen atoms in total. The van der Waals surface area contributed by atoms with Gasteiger partial charge in [0, 0.05) is 12.6 Å². The summed E-state index contributed by atoms with van der Waals surface area (Å²) in [4.78, 5) is 2.50. The van der Waals surface area contributed by atoms with Crippen LogP contribution in [0.4, 0.5) is 0 Å². The smallest absolute Gasteiger partial charge is 0.0474 e. The molecule has 0 aromatic rings. The summed E-state index contributed by atoms with van der Waals surface area (Å²) in [5.41, 5.74) is 5.63. The van der Waals surface area contributed by atoms with E-state index in [-0.39, 0.29) is 6.61 Å². The monoisotopic (exact) mass is 200 g/mol. The molecule has 0 aromatic heterocycles. The zero-order valence-electron chi connectivity index (χ0n) is 9.45. The van der Waals surface area contributed by atoms with Crippen LogP contribution in [0.15, 0.2) is 0 Å². The first kappa shape index (κ1) is 12.0. The van der Waals surface area contributed by atoms with E-state index >= 15 is 0 Å². The molecule has 0 aliphatic carbocycles. The van der Waals surface area contributed by atoms with Gasteiger partial charge in [0.2, 0.25) is 0 Å². The largest absolute Gasteiger partial charge is 0.396 e. The Morgan fingerprint density at radius 1 is 1.36 bits per heavy atom. The van der Waals surface area contributed by atoms with Gasteiger partial charge in [-0.1, -0.05) is 0 Å². The Kier molecular flexibility index (Phi) is 4.85. The van der Waals surface area contributed by atoms with E-state index in [1.165, 1.54) is 25.9 Å². The maximum absolute atomic E-state index is 9.16. The van der Waals surface area contributed by atoms with E-state index in [1.54, 1.807) is 0 Å². The number of hydrogen-bond donors (Lipinski definition) is 2. The van der Waals surface area contributed by atoms with Crippen molar-refractivity contribution in [2.75, 3.05) is 26.2 Å². The molecule has 0 bridgehead atoms. The molecule has 1 unspecified atom stereocenters. The third-order valence-corrected chi connectivity index (χ3v) is 3.51. The minimum absolute atomic E-state index is 0.253. The predicted octanol–water partition coefficient (Wildman–Crippen LogP) is 0.674. The highest BCUT2D eigenvalue weighted by molar-refractivity contribution is 4.79. The van der Waals surface area contributed by atoms with Gasteiger partial charge in [0.15, 0.2) is 0 Å². The molecule has 14 heavy (non-hydrogen) atoms. The molecular formula is C11H24N2O. The van der Waals surface area contributed by atoms with Crippen molar-refractivity contribution >= 4 is 0 Å². The topological polar surface area (TPSA) is 49.5 Å². The molecule has 0 aromatic carbocycles. The number of aliphatic hydroxyl groups is 1. The number of piperidine rings is 1. The number of nitrogens with two attached hydrogens (primary N) is 1. The van der Waals surface area contributed by atoms with Gasteiger partial charge in [-0.3, -0.25) is 0 Å². The fourth-order valence-corrected chi connectivity index (χ4v) is 2.32. The average Bonchev–Trinajstić information content (AvgIpc) is 2.20. The van der Waals surface area contributed by atoms with E-state index < -0.39 is 0 Å². The van der Waals surface area contributed by atoms with E-state index in [0.717, 1.165) is 0 Å². The Hall–Kier alpha value is -0.120. The molecule has 1 heterocycles. The maximum atomic E-state index is 9.16. The fraction of sp³-hybridized carbons (Fsp3) is 1.00. The third-order valence-electron chi connectivity index (χ3n) is 3.51. The summed E-state index contributed by atoms with van der Waals surface area (Å²) in [7, 11) is 0. The second kappa shape index (κ2) is 5.69. The SMILES string of the molecule is CC(C)N1CCC(C(CN)CO)CC1. The van der Waals surface area contributed by atoms with Gasteiger partial charge < -0.3 is 15.7 Å². The van der Waals surface area contributed by atoms with Crippen molar-refractivity contribution < 1.29 is 5.11 Å². The highest BCUT2D eigenvalue weighted by atomic mass is 16.3. The lowest BCUT2D eigenvalue weighted by atomic mass is 9.84. The van der Waals surface area contributed by atoms with Crippen LogP contribution in [0.3, 0.4) is 0 Å². The van der Waals surface area contributed by atoms with Gasteiger partial charge in [-0.15, -0.1) is 0 Å². The summed E-state index contributed by atoms with van der Waals surface area (Å²) < 4.78 is 0. The van der Waals surface area contributed by atoms with Crippen molar-refractivity contribution in [3.8, 4) is 0 Å². The Balaban J connectivity index is 2.34.